The fourth-order valence-electron chi connectivity index (χ4n) is 4.99. The number of hydrogen-bond donors (Lipinski definition) is 1. The van der Waals surface area contributed by atoms with Gasteiger partial charge in [-0.2, -0.15) is 0 Å². The number of rotatable bonds is 10. The molecule has 0 heterocycles. The van der Waals surface area contributed by atoms with Crippen LogP contribution >= 0.6 is 0 Å². The summed E-state index contributed by atoms with van der Waals surface area (Å²) in [6, 6.07) is 27.5. The molecule has 0 spiro atoms. The highest BCUT2D eigenvalue weighted by molar-refractivity contribution is 5.88. The lowest BCUT2D eigenvalue weighted by Gasteiger charge is -2.31. The van der Waals surface area contributed by atoms with Gasteiger partial charge in [0.25, 0.3) is 0 Å². The first-order chi connectivity index (χ1) is 17.5. The number of ether oxygens (including phenoxy) is 1. The van der Waals surface area contributed by atoms with E-state index in [2.05, 4.69) is 29.6 Å². The molecular weight excluding hydrogens is 448 g/mol. The van der Waals surface area contributed by atoms with Gasteiger partial charge in [0, 0.05) is 24.9 Å². The summed E-state index contributed by atoms with van der Waals surface area (Å²) in [6.07, 6.45) is 4.59. The zero-order valence-corrected chi connectivity index (χ0v) is 21.2. The van der Waals surface area contributed by atoms with E-state index in [1.807, 2.05) is 67.6 Å². The number of nitrogens with one attached hydrogen (secondary N) is 1. The van der Waals surface area contributed by atoms with Gasteiger partial charge in [0.2, 0.25) is 11.8 Å². The van der Waals surface area contributed by atoms with E-state index in [1.54, 1.807) is 12.0 Å². The SMILES string of the molecule is COc1ccc(CN(C(=O)CC(c2ccccc2)c2ccccc2)[C@@H](C)C(=O)NC2CCCC2)cc1. The fraction of sp³-hybridized carbons (Fsp3) is 0.355. The second kappa shape index (κ2) is 12.4. The van der Waals surface area contributed by atoms with Crippen LogP contribution < -0.4 is 10.1 Å². The minimum absolute atomic E-state index is 0.0439. The number of methoxy groups -OCH3 is 1. The van der Waals surface area contributed by atoms with Crippen molar-refractivity contribution >= 4 is 11.8 Å². The van der Waals surface area contributed by atoms with Crippen LogP contribution in [-0.2, 0) is 16.1 Å². The molecule has 0 aliphatic heterocycles. The average Bonchev–Trinajstić information content (AvgIpc) is 3.44. The van der Waals surface area contributed by atoms with Crippen LogP contribution in [0.4, 0.5) is 0 Å². The van der Waals surface area contributed by atoms with Gasteiger partial charge in [0.15, 0.2) is 0 Å². The van der Waals surface area contributed by atoms with Crippen molar-refractivity contribution in [3.63, 3.8) is 0 Å². The second-order valence-corrected chi connectivity index (χ2v) is 9.61. The molecule has 1 atom stereocenters. The van der Waals surface area contributed by atoms with Crippen LogP contribution in [0.3, 0.4) is 0 Å². The number of benzene rings is 3. The molecule has 0 unspecified atom stereocenters. The van der Waals surface area contributed by atoms with Gasteiger partial charge in [-0.1, -0.05) is 85.6 Å². The normalized spacial score (nSPS) is 14.4. The molecule has 0 radical (unpaired) electrons. The maximum Gasteiger partial charge on any atom is 0.242 e. The van der Waals surface area contributed by atoms with E-state index in [9.17, 15) is 9.59 Å². The van der Waals surface area contributed by atoms with Crippen LogP contribution in [0.2, 0.25) is 0 Å². The summed E-state index contributed by atoms with van der Waals surface area (Å²) < 4.78 is 5.29. The van der Waals surface area contributed by atoms with Crippen LogP contribution in [0.1, 0.15) is 61.6 Å². The van der Waals surface area contributed by atoms with Crippen LogP contribution in [0, 0.1) is 0 Å². The van der Waals surface area contributed by atoms with Gasteiger partial charge in [0.05, 0.1) is 7.11 Å². The van der Waals surface area contributed by atoms with Gasteiger partial charge >= 0.3 is 0 Å². The molecule has 1 fully saturated rings. The highest BCUT2D eigenvalue weighted by Crippen LogP contribution is 2.29. The zero-order valence-electron chi connectivity index (χ0n) is 21.2. The van der Waals surface area contributed by atoms with Crippen LogP contribution in [0.25, 0.3) is 0 Å². The first-order valence-electron chi connectivity index (χ1n) is 12.9. The molecule has 188 valence electrons. The number of hydrogen-bond acceptors (Lipinski definition) is 3. The summed E-state index contributed by atoms with van der Waals surface area (Å²) >= 11 is 0. The molecule has 1 aliphatic rings. The number of nitrogens with zero attached hydrogens (tertiary/aromatic N) is 1. The highest BCUT2D eigenvalue weighted by atomic mass is 16.5. The summed E-state index contributed by atoms with van der Waals surface area (Å²) in [5.41, 5.74) is 3.13. The Labute approximate surface area is 214 Å². The Balaban J connectivity index is 1.59. The molecule has 0 saturated heterocycles. The standard InChI is InChI=1S/C31H36N2O3/c1-23(31(35)32-27-15-9-10-16-27)33(22-24-17-19-28(36-2)20-18-24)30(34)21-29(25-11-5-3-6-12-25)26-13-7-4-8-14-26/h3-8,11-14,17-20,23,27,29H,9-10,15-16,21-22H2,1-2H3,(H,32,35)/t23-/m0/s1. The highest BCUT2D eigenvalue weighted by Gasteiger charge is 2.30. The van der Waals surface area contributed by atoms with E-state index in [1.165, 1.54) is 0 Å². The molecule has 5 nitrogen and oxygen atoms in total. The smallest absolute Gasteiger partial charge is 0.242 e. The van der Waals surface area contributed by atoms with Gasteiger partial charge in [-0.05, 0) is 48.6 Å². The van der Waals surface area contributed by atoms with Crippen molar-refractivity contribution in [1.82, 2.24) is 10.2 Å². The topological polar surface area (TPSA) is 58.6 Å². The molecule has 1 aliphatic carbocycles. The van der Waals surface area contributed by atoms with E-state index in [4.69, 9.17) is 4.74 Å². The van der Waals surface area contributed by atoms with Crippen molar-refractivity contribution in [1.29, 1.82) is 0 Å². The molecule has 1 N–H and O–H groups in total. The minimum Gasteiger partial charge on any atom is -0.497 e. The lowest BCUT2D eigenvalue weighted by molar-refractivity contribution is -0.141. The van der Waals surface area contributed by atoms with Gasteiger partial charge in [-0.3, -0.25) is 9.59 Å². The van der Waals surface area contributed by atoms with E-state index in [0.717, 1.165) is 48.1 Å². The molecule has 3 aromatic carbocycles. The Morgan fingerprint density at radius 1 is 0.889 bits per heavy atom. The Morgan fingerprint density at radius 3 is 1.97 bits per heavy atom. The van der Waals surface area contributed by atoms with E-state index < -0.39 is 6.04 Å². The quantitative estimate of drug-likeness (QED) is 0.402. The number of carbonyl (C=O) groups is 2. The summed E-state index contributed by atoms with van der Waals surface area (Å²) in [6.45, 7) is 2.20. The lowest BCUT2D eigenvalue weighted by atomic mass is 9.88. The number of carbonyl (C=O) groups excluding carboxylic acids is 2. The third-order valence-electron chi connectivity index (χ3n) is 7.16. The Kier molecular flexibility index (Phi) is 8.77. The molecule has 2 amide bonds. The summed E-state index contributed by atoms with van der Waals surface area (Å²) in [5, 5.41) is 3.18. The van der Waals surface area contributed by atoms with Crippen LogP contribution in [0.5, 0.6) is 5.75 Å². The van der Waals surface area contributed by atoms with Crippen molar-refractivity contribution < 1.29 is 14.3 Å². The molecule has 36 heavy (non-hydrogen) atoms. The lowest BCUT2D eigenvalue weighted by Crippen LogP contribution is -2.49. The first kappa shape index (κ1) is 25.5. The van der Waals surface area contributed by atoms with E-state index >= 15 is 0 Å². The molecule has 0 aromatic heterocycles. The third-order valence-corrected chi connectivity index (χ3v) is 7.16. The van der Waals surface area contributed by atoms with Crippen molar-refractivity contribution in [2.75, 3.05) is 7.11 Å². The van der Waals surface area contributed by atoms with Crippen LogP contribution in [-0.4, -0.2) is 35.9 Å². The predicted molar refractivity (Wildman–Crippen MR) is 143 cm³/mol. The van der Waals surface area contributed by atoms with Gasteiger partial charge in [-0.25, -0.2) is 0 Å². The van der Waals surface area contributed by atoms with Crippen LogP contribution in [0.15, 0.2) is 84.9 Å². The van der Waals surface area contributed by atoms with Gasteiger partial charge in [-0.15, -0.1) is 0 Å². The monoisotopic (exact) mass is 484 g/mol. The van der Waals surface area contributed by atoms with Crippen molar-refractivity contribution in [2.24, 2.45) is 0 Å². The van der Waals surface area contributed by atoms with Gasteiger partial charge < -0.3 is 15.0 Å². The summed E-state index contributed by atoms with van der Waals surface area (Å²) in [5.74, 6) is 0.539. The third kappa shape index (κ3) is 6.54. The van der Waals surface area contributed by atoms with Gasteiger partial charge in [0.1, 0.15) is 11.8 Å². The summed E-state index contributed by atoms with van der Waals surface area (Å²) in [7, 11) is 1.63. The molecule has 0 bridgehead atoms. The molecule has 5 heteroatoms. The second-order valence-electron chi connectivity index (χ2n) is 9.61. The maximum atomic E-state index is 13.9. The maximum absolute atomic E-state index is 13.9. The van der Waals surface area contributed by atoms with Crippen molar-refractivity contribution in [3.8, 4) is 5.75 Å². The first-order valence-corrected chi connectivity index (χ1v) is 12.9. The van der Waals surface area contributed by atoms with E-state index in [-0.39, 0.29) is 30.2 Å². The van der Waals surface area contributed by atoms with Crippen molar-refractivity contribution in [2.45, 2.75) is 63.6 Å². The molecular formula is C31H36N2O3. The molecule has 3 aromatic rings. The predicted octanol–water partition coefficient (Wildman–Crippen LogP) is 5.69. The largest absolute Gasteiger partial charge is 0.497 e. The molecule has 1 saturated carbocycles. The van der Waals surface area contributed by atoms with Crippen molar-refractivity contribution in [3.05, 3.63) is 102 Å². The zero-order chi connectivity index (χ0) is 25.3. The number of amides is 2. The fourth-order valence-corrected chi connectivity index (χ4v) is 4.99. The molecule has 4 rings (SSSR count). The Morgan fingerprint density at radius 2 is 1.44 bits per heavy atom. The Hall–Kier alpha value is -3.60. The average molecular weight is 485 g/mol. The van der Waals surface area contributed by atoms with E-state index in [0.29, 0.717) is 6.54 Å². The minimum atomic E-state index is -0.576. The Bertz CT molecular complexity index is 1070. The summed E-state index contributed by atoms with van der Waals surface area (Å²) in [4.78, 5) is 28.9.